The van der Waals surface area contributed by atoms with Gasteiger partial charge in [-0.15, -0.1) is 0 Å². The van der Waals surface area contributed by atoms with Gasteiger partial charge >= 0.3 is 30.0 Å². The third-order valence-corrected chi connectivity index (χ3v) is 6.21. The van der Waals surface area contributed by atoms with Crippen molar-refractivity contribution in [2.45, 2.75) is 26.6 Å². The van der Waals surface area contributed by atoms with E-state index in [4.69, 9.17) is 25.7 Å². The number of para-hydroxylation sites is 1. The molecule has 2 heterocycles. The van der Waals surface area contributed by atoms with Crippen molar-refractivity contribution < 1.29 is 38.2 Å². The molecule has 1 aromatic rings. The monoisotopic (exact) mass is 531 g/mol. The molecule has 15 nitrogen and oxygen atoms in total. The minimum absolute atomic E-state index is 0.0928. The Morgan fingerprint density at radius 1 is 0.895 bits per heavy atom. The number of allylic oxidation sites excluding steroid dienone is 2. The number of anilines is 1. The molecule has 15 heteroatoms. The van der Waals surface area contributed by atoms with Crippen molar-refractivity contribution in [3.05, 3.63) is 52.9 Å². The van der Waals surface area contributed by atoms with Gasteiger partial charge in [0.2, 0.25) is 5.79 Å². The molecule has 0 aliphatic carbocycles. The summed E-state index contributed by atoms with van der Waals surface area (Å²) in [5.41, 5.74) is 13.9. The van der Waals surface area contributed by atoms with Crippen LogP contribution >= 0.6 is 0 Å². The Morgan fingerprint density at radius 3 is 1.95 bits per heavy atom. The number of nitrogens with zero attached hydrogens (tertiary/aromatic N) is 2. The first-order chi connectivity index (χ1) is 17.9. The van der Waals surface area contributed by atoms with E-state index in [-0.39, 0.29) is 18.0 Å². The minimum atomic E-state index is -2.49. The molecule has 1 aromatic carbocycles. The zero-order valence-electron chi connectivity index (χ0n) is 21.4. The number of carbonyl (C=O) groups excluding carboxylic acids is 5. The quantitative estimate of drug-likeness (QED) is 0.233. The Balaban J connectivity index is 2.33. The molecule has 4 amide bonds. The lowest BCUT2D eigenvalue weighted by atomic mass is 9.71. The summed E-state index contributed by atoms with van der Waals surface area (Å²) in [6.07, 6.45) is 0. The smallest absolute Gasteiger partial charge is 0.338 e. The van der Waals surface area contributed by atoms with Crippen LogP contribution in [0.1, 0.15) is 20.8 Å². The number of ether oxygens (including phenoxy) is 3. The first-order valence-electron chi connectivity index (χ1n) is 11.3. The summed E-state index contributed by atoms with van der Waals surface area (Å²) in [5.74, 6) is -5.71. The number of rotatable bonds is 7. The van der Waals surface area contributed by atoms with Crippen LogP contribution in [0.25, 0.3) is 0 Å². The van der Waals surface area contributed by atoms with Crippen molar-refractivity contribution in [2.75, 3.05) is 26.1 Å². The summed E-state index contributed by atoms with van der Waals surface area (Å²) in [7, 11) is 2.07. The van der Waals surface area contributed by atoms with E-state index in [1.165, 1.54) is 20.8 Å². The number of primary amides is 1. The molecule has 2 atom stereocenters. The van der Waals surface area contributed by atoms with Crippen LogP contribution in [0.5, 0.6) is 0 Å². The minimum Gasteiger partial charge on any atom is -0.468 e. The van der Waals surface area contributed by atoms with E-state index < -0.39 is 52.3 Å². The van der Waals surface area contributed by atoms with Crippen molar-refractivity contribution in [1.82, 2.24) is 20.9 Å². The van der Waals surface area contributed by atoms with E-state index in [0.29, 0.717) is 5.69 Å². The SMILES string of the molecule is CCOC(=O)C1=C(C)N(NC(=O)Nc2ccccc2)C2(N)N(NC(N)=O)C(C)=C(C(=O)OC)C12C(=O)OC. The van der Waals surface area contributed by atoms with Gasteiger partial charge in [0, 0.05) is 17.1 Å². The number of fused-ring (bicyclic) bond motifs is 1. The number of methoxy groups -OCH3 is 2. The molecule has 0 saturated carbocycles. The predicted octanol–water partition coefficient (Wildman–Crippen LogP) is -0.00640. The zero-order valence-corrected chi connectivity index (χ0v) is 21.4. The van der Waals surface area contributed by atoms with Crippen LogP contribution in [0.4, 0.5) is 15.3 Å². The van der Waals surface area contributed by atoms with Crippen LogP contribution in [-0.2, 0) is 28.6 Å². The highest BCUT2D eigenvalue weighted by Gasteiger charge is 2.78. The normalized spacial score (nSPS) is 22.1. The molecule has 0 radical (unpaired) electrons. The molecule has 38 heavy (non-hydrogen) atoms. The van der Waals surface area contributed by atoms with Crippen LogP contribution < -0.4 is 27.6 Å². The number of amides is 4. The number of hydrogen-bond acceptors (Lipinski definition) is 11. The second-order valence-electron chi connectivity index (χ2n) is 8.18. The molecule has 2 aliphatic rings. The Kier molecular flexibility index (Phi) is 7.53. The van der Waals surface area contributed by atoms with E-state index in [2.05, 4.69) is 16.2 Å². The lowest BCUT2D eigenvalue weighted by molar-refractivity contribution is -0.167. The third kappa shape index (κ3) is 3.92. The molecule has 0 saturated heterocycles. The average molecular weight is 532 g/mol. The number of benzene rings is 1. The third-order valence-electron chi connectivity index (χ3n) is 6.21. The van der Waals surface area contributed by atoms with Gasteiger partial charge in [-0.2, -0.15) is 0 Å². The van der Waals surface area contributed by atoms with Crippen LogP contribution in [0.3, 0.4) is 0 Å². The van der Waals surface area contributed by atoms with Crippen molar-refractivity contribution in [2.24, 2.45) is 16.9 Å². The van der Waals surface area contributed by atoms with Crippen molar-refractivity contribution in [3.8, 4) is 0 Å². The van der Waals surface area contributed by atoms with Crippen LogP contribution in [0.2, 0.25) is 0 Å². The molecule has 0 fully saturated rings. The largest absolute Gasteiger partial charge is 0.468 e. The summed E-state index contributed by atoms with van der Waals surface area (Å²) in [6, 6.07) is 6.38. The second kappa shape index (κ2) is 10.3. The van der Waals surface area contributed by atoms with Gasteiger partial charge in [0.25, 0.3) is 0 Å². The topological polar surface area (TPSA) is 208 Å². The number of nitrogens with one attached hydrogen (secondary N) is 3. The number of nitrogens with two attached hydrogens (primary N) is 2. The molecule has 2 unspecified atom stereocenters. The molecule has 0 bridgehead atoms. The van der Waals surface area contributed by atoms with E-state index in [1.807, 2.05) is 0 Å². The average Bonchev–Trinajstić information content (AvgIpc) is 3.18. The predicted molar refractivity (Wildman–Crippen MR) is 130 cm³/mol. The second-order valence-corrected chi connectivity index (χ2v) is 8.18. The first-order valence-corrected chi connectivity index (χ1v) is 11.3. The summed E-state index contributed by atoms with van der Waals surface area (Å²) >= 11 is 0. The summed E-state index contributed by atoms with van der Waals surface area (Å²) < 4.78 is 15.2. The molecule has 3 rings (SSSR count). The van der Waals surface area contributed by atoms with Crippen LogP contribution in [0.15, 0.2) is 52.9 Å². The molecule has 2 aliphatic heterocycles. The number of hydrogen-bond donors (Lipinski definition) is 5. The fraction of sp³-hybridized carbons (Fsp3) is 0.348. The maximum atomic E-state index is 13.7. The van der Waals surface area contributed by atoms with Gasteiger partial charge in [0.15, 0.2) is 5.41 Å². The molecular formula is C23H29N7O8. The van der Waals surface area contributed by atoms with Crippen molar-refractivity contribution in [1.29, 1.82) is 0 Å². The number of urea groups is 2. The highest BCUT2D eigenvalue weighted by Crippen LogP contribution is 2.60. The highest BCUT2D eigenvalue weighted by atomic mass is 16.5. The van der Waals surface area contributed by atoms with E-state index in [9.17, 15) is 24.0 Å². The molecular weight excluding hydrogens is 502 g/mol. The highest BCUT2D eigenvalue weighted by molar-refractivity contribution is 6.11. The Labute approximate surface area is 217 Å². The maximum absolute atomic E-state index is 13.7. The standard InChI is InChI=1S/C23H29N7O8/c1-6-38-18(32)16-13(3)30(28-21(35)26-14-10-8-7-9-11-14)23(25)22(16,19(33)37-5)15(17(31)36-4)12(2)29(23)27-20(24)34/h7-11H,6,25H2,1-5H3,(H3,24,27,34)(H2,26,28,35). The van der Waals surface area contributed by atoms with Gasteiger partial charge < -0.3 is 25.3 Å². The Morgan fingerprint density at radius 2 is 1.45 bits per heavy atom. The fourth-order valence-electron chi connectivity index (χ4n) is 4.85. The molecule has 0 spiro atoms. The van der Waals surface area contributed by atoms with Gasteiger partial charge in [0.1, 0.15) is 0 Å². The molecule has 0 aromatic heterocycles. The lowest BCUT2D eigenvalue weighted by Gasteiger charge is -2.47. The Bertz CT molecular complexity index is 1250. The summed E-state index contributed by atoms with van der Waals surface area (Å²) in [5, 5.41) is 4.42. The van der Waals surface area contributed by atoms with Crippen LogP contribution in [0, 0.1) is 5.41 Å². The van der Waals surface area contributed by atoms with Crippen LogP contribution in [-0.4, -0.2) is 66.6 Å². The van der Waals surface area contributed by atoms with E-state index in [1.54, 1.807) is 30.3 Å². The van der Waals surface area contributed by atoms with Gasteiger partial charge in [0.05, 0.1) is 32.0 Å². The maximum Gasteiger partial charge on any atom is 0.338 e. The van der Waals surface area contributed by atoms with Gasteiger partial charge in [-0.05, 0) is 32.9 Å². The van der Waals surface area contributed by atoms with Gasteiger partial charge in [-0.3, -0.25) is 10.5 Å². The number of esters is 3. The number of carbonyl (C=O) groups is 5. The number of hydrazine groups is 2. The summed E-state index contributed by atoms with van der Waals surface area (Å²) in [6.45, 7) is 4.12. The van der Waals surface area contributed by atoms with Crippen molar-refractivity contribution in [3.63, 3.8) is 0 Å². The molecule has 7 N–H and O–H groups in total. The van der Waals surface area contributed by atoms with Crippen molar-refractivity contribution >= 4 is 35.7 Å². The first kappa shape index (κ1) is 27.8. The Hall–Kier alpha value is -4.79. The van der Waals surface area contributed by atoms with Gasteiger partial charge in [-0.1, -0.05) is 18.2 Å². The fourth-order valence-corrected chi connectivity index (χ4v) is 4.85. The van der Waals surface area contributed by atoms with Gasteiger partial charge in [-0.25, -0.2) is 40.0 Å². The zero-order chi connectivity index (χ0) is 28.4. The molecule has 204 valence electrons. The van der Waals surface area contributed by atoms with E-state index in [0.717, 1.165) is 24.2 Å². The van der Waals surface area contributed by atoms with E-state index >= 15 is 0 Å². The summed E-state index contributed by atoms with van der Waals surface area (Å²) in [4.78, 5) is 65.3. The lowest BCUT2D eigenvalue weighted by Crippen LogP contribution is -2.76.